The number of carbonyl (C=O) groups excluding carboxylic acids is 1. The maximum Gasteiger partial charge on any atom is 0.168 e. The maximum atomic E-state index is 13.1. The molecular formula is C14H8BrClF2O. The van der Waals surface area contributed by atoms with Crippen molar-refractivity contribution in [2.45, 2.75) is 6.42 Å². The molecule has 0 bridgehead atoms. The fourth-order valence-electron chi connectivity index (χ4n) is 1.66. The zero-order valence-corrected chi connectivity index (χ0v) is 11.9. The third-order valence-electron chi connectivity index (χ3n) is 2.59. The smallest absolute Gasteiger partial charge is 0.168 e. The summed E-state index contributed by atoms with van der Waals surface area (Å²) >= 11 is 9.08. The summed E-state index contributed by atoms with van der Waals surface area (Å²) in [7, 11) is 0. The number of benzene rings is 2. The molecule has 2 rings (SSSR count). The summed E-state index contributed by atoms with van der Waals surface area (Å²) in [5, 5.41) is 0.308. The van der Waals surface area contributed by atoms with Gasteiger partial charge in [0.1, 0.15) is 11.6 Å². The van der Waals surface area contributed by atoms with E-state index in [1.807, 2.05) is 0 Å². The summed E-state index contributed by atoms with van der Waals surface area (Å²) in [4.78, 5) is 12.1. The predicted molar refractivity (Wildman–Crippen MR) is 73.5 cm³/mol. The Labute approximate surface area is 122 Å². The topological polar surface area (TPSA) is 17.1 Å². The van der Waals surface area contributed by atoms with Crippen LogP contribution < -0.4 is 0 Å². The molecule has 0 N–H and O–H groups in total. The number of hydrogen-bond acceptors (Lipinski definition) is 1. The number of Topliss-reactive ketones (excluding diaryl/α,β-unsaturated/α-hetero) is 1. The molecule has 0 unspecified atom stereocenters. The van der Waals surface area contributed by atoms with Crippen LogP contribution in [0, 0.1) is 11.6 Å². The highest BCUT2D eigenvalue weighted by Crippen LogP contribution is 2.23. The lowest BCUT2D eigenvalue weighted by Crippen LogP contribution is -2.06. The van der Waals surface area contributed by atoms with Gasteiger partial charge in [0.25, 0.3) is 0 Å². The highest BCUT2D eigenvalue weighted by Gasteiger charge is 2.14. The van der Waals surface area contributed by atoms with Crippen LogP contribution in [0.25, 0.3) is 0 Å². The second-order valence-electron chi connectivity index (χ2n) is 3.96. The second-order valence-corrected chi connectivity index (χ2v) is 5.22. The van der Waals surface area contributed by atoms with Crippen molar-refractivity contribution in [1.82, 2.24) is 0 Å². The van der Waals surface area contributed by atoms with Gasteiger partial charge in [-0.1, -0.05) is 27.5 Å². The van der Waals surface area contributed by atoms with E-state index in [0.717, 1.165) is 6.07 Å². The van der Waals surface area contributed by atoms with E-state index in [4.69, 9.17) is 11.6 Å². The molecule has 2 aromatic rings. The first-order valence-electron chi connectivity index (χ1n) is 5.39. The number of ketones is 1. The third kappa shape index (κ3) is 3.39. The van der Waals surface area contributed by atoms with Crippen LogP contribution in [0.5, 0.6) is 0 Å². The minimum absolute atomic E-state index is 0.0847. The Morgan fingerprint density at radius 2 is 1.74 bits per heavy atom. The van der Waals surface area contributed by atoms with Crippen LogP contribution in [0.4, 0.5) is 8.78 Å². The molecule has 0 saturated carbocycles. The van der Waals surface area contributed by atoms with Gasteiger partial charge >= 0.3 is 0 Å². The zero-order chi connectivity index (χ0) is 14.0. The summed E-state index contributed by atoms with van der Waals surface area (Å²) in [6.45, 7) is 0. The molecule has 19 heavy (non-hydrogen) atoms. The van der Waals surface area contributed by atoms with Gasteiger partial charge < -0.3 is 0 Å². The molecule has 2 aromatic carbocycles. The van der Waals surface area contributed by atoms with E-state index in [9.17, 15) is 13.6 Å². The molecule has 0 aliphatic carbocycles. The number of halogens is 4. The maximum absolute atomic E-state index is 13.1. The van der Waals surface area contributed by atoms with Crippen LogP contribution in [-0.2, 0) is 6.42 Å². The quantitative estimate of drug-likeness (QED) is 0.730. The Morgan fingerprint density at radius 1 is 1.11 bits per heavy atom. The minimum Gasteiger partial charge on any atom is -0.294 e. The second kappa shape index (κ2) is 5.80. The summed E-state index contributed by atoms with van der Waals surface area (Å²) in [6.07, 6.45) is -0.0847. The van der Waals surface area contributed by atoms with E-state index >= 15 is 0 Å². The van der Waals surface area contributed by atoms with Gasteiger partial charge in [-0.3, -0.25) is 4.79 Å². The monoisotopic (exact) mass is 344 g/mol. The fourth-order valence-corrected chi connectivity index (χ4v) is 2.31. The SMILES string of the molecule is O=C(Cc1cc(F)ccc1Cl)c1cc(F)ccc1Br. The Balaban J connectivity index is 2.30. The van der Waals surface area contributed by atoms with E-state index in [1.54, 1.807) is 0 Å². The number of rotatable bonds is 3. The van der Waals surface area contributed by atoms with Crippen molar-refractivity contribution >= 4 is 33.3 Å². The highest BCUT2D eigenvalue weighted by atomic mass is 79.9. The largest absolute Gasteiger partial charge is 0.294 e. The van der Waals surface area contributed by atoms with Crippen molar-refractivity contribution in [3.63, 3.8) is 0 Å². The summed E-state index contributed by atoms with van der Waals surface area (Å²) in [6, 6.07) is 7.65. The molecule has 5 heteroatoms. The van der Waals surface area contributed by atoms with Crippen LogP contribution >= 0.6 is 27.5 Å². The van der Waals surface area contributed by atoms with E-state index in [0.29, 0.717) is 15.1 Å². The molecule has 0 aromatic heterocycles. The van der Waals surface area contributed by atoms with Crippen molar-refractivity contribution in [3.05, 3.63) is 68.7 Å². The summed E-state index contributed by atoms with van der Waals surface area (Å²) in [5.41, 5.74) is 0.586. The molecule has 98 valence electrons. The molecule has 0 aliphatic heterocycles. The van der Waals surface area contributed by atoms with Crippen LogP contribution in [0.3, 0.4) is 0 Å². The molecule has 1 nitrogen and oxygen atoms in total. The molecule has 0 spiro atoms. The standard InChI is InChI=1S/C14H8BrClF2O/c15-12-3-1-10(18)7-11(12)14(19)6-8-5-9(17)2-4-13(8)16/h1-5,7H,6H2. The molecule has 0 aliphatic rings. The van der Waals surface area contributed by atoms with Crippen molar-refractivity contribution in [3.8, 4) is 0 Å². The molecule has 0 saturated heterocycles. The fraction of sp³-hybridized carbons (Fsp3) is 0.0714. The molecule has 0 radical (unpaired) electrons. The molecular weight excluding hydrogens is 338 g/mol. The lowest BCUT2D eigenvalue weighted by molar-refractivity contribution is 0.0992. The first-order chi connectivity index (χ1) is 8.97. The van der Waals surface area contributed by atoms with Gasteiger partial charge in [0.15, 0.2) is 5.78 Å². The van der Waals surface area contributed by atoms with Gasteiger partial charge in [-0.05, 0) is 42.0 Å². The van der Waals surface area contributed by atoms with E-state index in [1.165, 1.54) is 30.3 Å². The van der Waals surface area contributed by atoms with Crippen molar-refractivity contribution in [2.24, 2.45) is 0 Å². The van der Waals surface area contributed by atoms with Crippen LogP contribution in [0.1, 0.15) is 15.9 Å². The van der Waals surface area contributed by atoms with Crippen molar-refractivity contribution in [1.29, 1.82) is 0 Å². The minimum atomic E-state index is -0.503. The Bertz CT molecular complexity index is 643. The summed E-state index contributed by atoms with van der Waals surface area (Å²) < 4.78 is 26.7. The van der Waals surface area contributed by atoms with Crippen molar-refractivity contribution in [2.75, 3.05) is 0 Å². The first-order valence-corrected chi connectivity index (χ1v) is 6.56. The third-order valence-corrected chi connectivity index (χ3v) is 3.65. The highest BCUT2D eigenvalue weighted by molar-refractivity contribution is 9.10. The lowest BCUT2D eigenvalue weighted by Gasteiger charge is -2.06. The Morgan fingerprint density at radius 3 is 2.47 bits per heavy atom. The molecule has 0 fully saturated rings. The lowest BCUT2D eigenvalue weighted by atomic mass is 10.0. The van der Waals surface area contributed by atoms with Crippen molar-refractivity contribution < 1.29 is 13.6 Å². The van der Waals surface area contributed by atoms with E-state index in [2.05, 4.69) is 15.9 Å². The average molecular weight is 346 g/mol. The van der Waals surface area contributed by atoms with Gasteiger partial charge in [-0.25, -0.2) is 8.78 Å². The molecule has 0 amide bonds. The normalized spacial score (nSPS) is 10.5. The van der Waals surface area contributed by atoms with Gasteiger partial charge in [0.05, 0.1) is 0 Å². The predicted octanol–water partition coefficient (Wildman–Crippen LogP) is 4.81. The first kappa shape index (κ1) is 14.2. The van der Waals surface area contributed by atoms with Crippen LogP contribution in [0.15, 0.2) is 40.9 Å². The van der Waals surface area contributed by atoms with E-state index in [-0.39, 0.29) is 17.8 Å². The summed E-state index contributed by atoms with van der Waals surface area (Å²) in [5.74, 6) is -1.30. The zero-order valence-electron chi connectivity index (χ0n) is 9.59. The average Bonchev–Trinajstić information content (AvgIpc) is 2.36. The van der Waals surface area contributed by atoms with Gasteiger partial charge in [0.2, 0.25) is 0 Å². The molecule has 0 atom stereocenters. The number of hydrogen-bond donors (Lipinski definition) is 0. The van der Waals surface area contributed by atoms with Gasteiger partial charge in [-0.15, -0.1) is 0 Å². The Hall–Kier alpha value is -1.26. The Kier molecular flexibility index (Phi) is 4.32. The van der Waals surface area contributed by atoms with Gasteiger partial charge in [0, 0.05) is 21.5 Å². The van der Waals surface area contributed by atoms with Crippen LogP contribution in [-0.4, -0.2) is 5.78 Å². The number of carbonyl (C=O) groups is 1. The molecule has 0 heterocycles. The van der Waals surface area contributed by atoms with Crippen LogP contribution in [0.2, 0.25) is 5.02 Å². The van der Waals surface area contributed by atoms with E-state index < -0.39 is 11.6 Å². The van der Waals surface area contributed by atoms with Gasteiger partial charge in [-0.2, -0.15) is 0 Å².